The molecule has 0 aliphatic rings. The van der Waals surface area contributed by atoms with Gasteiger partial charge in [0.1, 0.15) is 17.9 Å². The second-order valence-corrected chi connectivity index (χ2v) is 7.42. The van der Waals surface area contributed by atoms with Gasteiger partial charge in [0.05, 0.1) is 6.10 Å². The van der Waals surface area contributed by atoms with Crippen molar-refractivity contribution in [2.24, 2.45) is 0 Å². The number of rotatable bonds is 9. The van der Waals surface area contributed by atoms with E-state index < -0.39 is 6.10 Å². The van der Waals surface area contributed by atoms with Crippen LogP contribution in [0.1, 0.15) is 47.0 Å². The Hall–Kier alpha value is -2.59. The Morgan fingerprint density at radius 2 is 1.86 bits per heavy atom. The molecule has 0 bridgehead atoms. The number of aliphatic hydroxyl groups excluding tert-OH is 1. The quantitative estimate of drug-likeness (QED) is 0.455. The van der Waals surface area contributed by atoms with Gasteiger partial charge in [-0.25, -0.2) is 4.79 Å². The van der Waals surface area contributed by atoms with E-state index in [-0.39, 0.29) is 5.63 Å². The summed E-state index contributed by atoms with van der Waals surface area (Å²) in [5.74, 6) is 0.640. The van der Waals surface area contributed by atoms with Gasteiger partial charge in [0.15, 0.2) is 0 Å². The number of aliphatic hydroxyl groups is 1. The minimum atomic E-state index is -0.488. The topological polar surface area (TPSA) is 59.7 Å². The summed E-state index contributed by atoms with van der Waals surface area (Å²) >= 11 is 0. The normalized spacial score (nSPS) is 13.5. The van der Waals surface area contributed by atoms with Crippen molar-refractivity contribution in [3.05, 3.63) is 75.7 Å². The van der Waals surface area contributed by atoms with Gasteiger partial charge in [-0.15, -0.1) is 0 Å². The standard InChI is InChI=1S/C24H30O4/c1-17(2)6-5-7-18(3)14-21(25)15-19(4)12-13-27-22-10-8-20-9-11-24(26)28-23(20)16-22/h6,8-12,14,16,21,25H,5,7,13,15H2,1-4H3/b18-14+,19-12+. The second-order valence-electron chi connectivity index (χ2n) is 7.42. The van der Waals surface area contributed by atoms with Gasteiger partial charge in [-0.3, -0.25) is 0 Å². The van der Waals surface area contributed by atoms with Crippen LogP contribution < -0.4 is 10.4 Å². The maximum atomic E-state index is 11.3. The molecule has 1 heterocycles. The fourth-order valence-corrected chi connectivity index (χ4v) is 2.88. The van der Waals surface area contributed by atoms with Crippen LogP contribution in [0.15, 0.2) is 74.5 Å². The highest BCUT2D eigenvalue weighted by molar-refractivity contribution is 5.77. The summed E-state index contributed by atoms with van der Waals surface area (Å²) in [6, 6.07) is 8.55. The van der Waals surface area contributed by atoms with Gasteiger partial charge in [-0.2, -0.15) is 0 Å². The third-order valence-electron chi connectivity index (χ3n) is 4.38. The molecule has 0 amide bonds. The highest BCUT2D eigenvalue weighted by Gasteiger charge is 2.03. The molecule has 4 nitrogen and oxygen atoms in total. The minimum Gasteiger partial charge on any atom is -0.489 e. The molecular formula is C24H30O4. The molecule has 1 unspecified atom stereocenters. The predicted octanol–water partition coefficient (Wildman–Crippen LogP) is 5.56. The third kappa shape index (κ3) is 7.57. The fourth-order valence-electron chi connectivity index (χ4n) is 2.88. The van der Waals surface area contributed by atoms with Crippen LogP contribution >= 0.6 is 0 Å². The molecule has 1 aromatic carbocycles. The van der Waals surface area contributed by atoms with Crippen LogP contribution in [0.5, 0.6) is 5.75 Å². The van der Waals surface area contributed by atoms with Crippen molar-refractivity contribution in [2.45, 2.75) is 53.1 Å². The Morgan fingerprint density at radius 1 is 1.11 bits per heavy atom. The van der Waals surface area contributed by atoms with E-state index in [1.807, 2.05) is 31.2 Å². The molecule has 0 aliphatic heterocycles. The first-order chi connectivity index (χ1) is 13.3. The summed E-state index contributed by atoms with van der Waals surface area (Å²) in [5.41, 5.74) is 3.72. The maximum Gasteiger partial charge on any atom is 0.336 e. The van der Waals surface area contributed by atoms with Crippen molar-refractivity contribution >= 4 is 11.0 Å². The smallest absolute Gasteiger partial charge is 0.336 e. The van der Waals surface area contributed by atoms with Crippen LogP contribution in [0.2, 0.25) is 0 Å². The zero-order valence-corrected chi connectivity index (χ0v) is 17.2. The molecule has 2 aromatic rings. The lowest BCUT2D eigenvalue weighted by Crippen LogP contribution is -2.05. The molecule has 1 N–H and O–H groups in total. The summed E-state index contributed by atoms with van der Waals surface area (Å²) in [6.07, 6.45) is 8.17. The first-order valence-electron chi connectivity index (χ1n) is 9.64. The number of allylic oxidation sites excluding steroid dienone is 3. The zero-order valence-electron chi connectivity index (χ0n) is 17.2. The third-order valence-corrected chi connectivity index (χ3v) is 4.38. The molecule has 0 fully saturated rings. The Morgan fingerprint density at radius 3 is 2.61 bits per heavy atom. The molecule has 0 saturated heterocycles. The van der Waals surface area contributed by atoms with Gasteiger partial charge in [0, 0.05) is 17.5 Å². The van der Waals surface area contributed by atoms with Gasteiger partial charge in [0.2, 0.25) is 0 Å². The Labute approximate surface area is 166 Å². The maximum absolute atomic E-state index is 11.3. The Balaban J connectivity index is 1.85. The van der Waals surface area contributed by atoms with Crippen molar-refractivity contribution < 1.29 is 14.3 Å². The Bertz CT molecular complexity index is 927. The van der Waals surface area contributed by atoms with Gasteiger partial charge >= 0.3 is 5.63 Å². The van der Waals surface area contributed by atoms with Crippen molar-refractivity contribution in [2.75, 3.05) is 6.61 Å². The lowest BCUT2D eigenvalue weighted by Gasteiger charge is -2.09. The average Bonchev–Trinajstić information content (AvgIpc) is 2.60. The van der Waals surface area contributed by atoms with E-state index in [1.165, 1.54) is 17.2 Å². The monoisotopic (exact) mass is 382 g/mol. The van der Waals surface area contributed by atoms with Crippen molar-refractivity contribution in [3.8, 4) is 5.75 Å². The van der Waals surface area contributed by atoms with Crippen molar-refractivity contribution in [1.29, 1.82) is 0 Å². The zero-order chi connectivity index (χ0) is 20.5. The van der Waals surface area contributed by atoms with E-state index in [4.69, 9.17) is 9.15 Å². The van der Waals surface area contributed by atoms with Gasteiger partial charge in [-0.1, -0.05) is 28.9 Å². The molecule has 150 valence electrons. The largest absolute Gasteiger partial charge is 0.489 e. The van der Waals surface area contributed by atoms with Crippen molar-refractivity contribution in [1.82, 2.24) is 0 Å². The lowest BCUT2D eigenvalue weighted by molar-refractivity contribution is 0.222. The van der Waals surface area contributed by atoms with Gasteiger partial charge in [-0.05, 0) is 71.2 Å². The molecule has 28 heavy (non-hydrogen) atoms. The Kier molecular flexibility index (Phi) is 8.27. The number of hydrogen-bond donors (Lipinski definition) is 1. The molecule has 0 spiro atoms. The minimum absolute atomic E-state index is 0.376. The number of fused-ring (bicyclic) bond motifs is 1. The highest BCUT2D eigenvalue weighted by Crippen LogP contribution is 2.19. The van der Waals surface area contributed by atoms with E-state index in [0.717, 1.165) is 23.8 Å². The van der Waals surface area contributed by atoms with Crippen LogP contribution in [0.25, 0.3) is 11.0 Å². The molecule has 4 heteroatoms. The first kappa shape index (κ1) is 21.7. The second kappa shape index (κ2) is 10.7. The number of benzene rings is 1. The number of hydrogen-bond acceptors (Lipinski definition) is 4. The van der Waals surface area contributed by atoms with E-state index in [1.54, 1.807) is 12.1 Å². The molecular weight excluding hydrogens is 352 g/mol. The number of ether oxygens (including phenoxy) is 1. The van der Waals surface area contributed by atoms with E-state index >= 15 is 0 Å². The molecule has 1 aromatic heterocycles. The fraction of sp³-hybridized carbons (Fsp3) is 0.375. The molecule has 2 rings (SSSR count). The molecule has 0 radical (unpaired) electrons. The van der Waals surface area contributed by atoms with Gasteiger partial charge < -0.3 is 14.3 Å². The summed E-state index contributed by atoms with van der Waals surface area (Å²) in [6.45, 7) is 8.63. The molecule has 1 atom stereocenters. The van der Waals surface area contributed by atoms with E-state index in [0.29, 0.717) is 24.4 Å². The van der Waals surface area contributed by atoms with Crippen LogP contribution in [-0.4, -0.2) is 17.8 Å². The van der Waals surface area contributed by atoms with Crippen LogP contribution in [0, 0.1) is 0 Å². The lowest BCUT2D eigenvalue weighted by atomic mass is 10.0. The first-order valence-corrected chi connectivity index (χ1v) is 9.64. The summed E-state index contributed by atoms with van der Waals surface area (Å²) in [4.78, 5) is 11.3. The van der Waals surface area contributed by atoms with Crippen LogP contribution in [-0.2, 0) is 0 Å². The van der Waals surface area contributed by atoms with Crippen molar-refractivity contribution in [3.63, 3.8) is 0 Å². The predicted molar refractivity (Wildman–Crippen MR) is 115 cm³/mol. The summed E-state index contributed by atoms with van der Waals surface area (Å²) < 4.78 is 10.9. The van der Waals surface area contributed by atoms with Gasteiger partial charge in [0.25, 0.3) is 0 Å². The summed E-state index contributed by atoms with van der Waals surface area (Å²) in [5, 5.41) is 11.1. The average molecular weight is 383 g/mol. The van der Waals surface area contributed by atoms with Crippen LogP contribution in [0.3, 0.4) is 0 Å². The SMILES string of the molecule is CC(C)=CCC/C(C)=C/C(O)C/C(C)=C/COc1ccc2ccc(=O)oc2c1. The van der Waals surface area contributed by atoms with E-state index in [9.17, 15) is 9.90 Å². The molecule has 0 aliphatic carbocycles. The van der Waals surface area contributed by atoms with E-state index in [2.05, 4.69) is 26.8 Å². The summed E-state index contributed by atoms with van der Waals surface area (Å²) in [7, 11) is 0. The highest BCUT2D eigenvalue weighted by atomic mass is 16.5. The van der Waals surface area contributed by atoms with Crippen LogP contribution in [0.4, 0.5) is 0 Å². The molecule has 0 saturated carbocycles.